The first-order valence-electron chi connectivity index (χ1n) is 5.49. The summed E-state index contributed by atoms with van der Waals surface area (Å²) in [7, 11) is 0. The van der Waals surface area contributed by atoms with Gasteiger partial charge < -0.3 is 10.0 Å². The molecule has 1 N–H and O–H groups in total. The largest absolute Gasteiger partial charge is 0.506 e. The molecule has 1 aromatic carbocycles. The molecule has 19 heavy (non-hydrogen) atoms. The third-order valence-electron chi connectivity index (χ3n) is 2.95. The Bertz CT molecular complexity index is 560. The summed E-state index contributed by atoms with van der Waals surface area (Å²) in [6.45, 7) is 0.115. The molecule has 0 aromatic heterocycles. The van der Waals surface area contributed by atoms with Crippen molar-refractivity contribution in [2.24, 2.45) is 5.92 Å². The van der Waals surface area contributed by atoms with Gasteiger partial charge in [0.1, 0.15) is 5.75 Å². The van der Waals surface area contributed by atoms with Crippen molar-refractivity contribution in [1.82, 2.24) is 0 Å². The number of carbonyl (C=O) groups is 1. The molecule has 1 aliphatic rings. The van der Waals surface area contributed by atoms with Gasteiger partial charge in [0.25, 0.3) is 0 Å². The second kappa shape index (κ2) is 4.50. The smallest absolute Gasteiger partial charge is 0.416 e. The highest BCUT2D eigenvalue weighted by Crippen LogP contribution is 2.38. The van der Waals surface area contributed by atoms with Gasteiger partial charge in [-0.2, -0.15) is 13.2 Å². The molecule has 0 radical (unpaired) electrons. The Morgan fingerprint density at radius 3 is 2.63 bits per heavy atom. The van der Waals surface area contributed by atoms with Gasteiger partial charge in [-0.3, -0.25) is 4.79 Å². The number of alkyl halides is 3. The summed E-state index contributed by atoms with van der Waals surface area (Å²) in [6, 6.07) is 2.44. The van der Waals surface area contributed by atoms with Crippen molar-refractivity contribution in [3.05, 3.63) is 23.8 Å². The zero-order chi connectivity index (χ0) is 14.2. The molecular weight excluding hydrogens is 259 g/mol. The topological polar surface area (TPSA) is 40.5 Å². The number of hydrogen-bond donors (Lipinski definition) is 1. The molecule has 0 spiro atoms. The highest BCUT2D eigenvalue weighted by molar-refractivity contribution is 5.97. The molecule has 1 heterocycles. The standard InChI is InChI=1S/C13H10F3NO2/c1-2-8-5-12(19)17(7-8)10-6-9(13(14,15)16)3-4-11(10)18/h1,3-4,6,8,18H,5,7H2. The minimum absolute atomic E-state index is 0.0756. The zero-order valence-electron chi connectivity index (χ0n) is 9.74. The Morgan fingerprint density at radius 2 is 2.11 bits per heavy atom. The van der Waals surface area contributed by atoms with Crippen LogP contribution in [0.15, 0.2) is 18.2 Å². The number of amides is 1. The molecule has 1 amide bonds. The van der Waals surface area contributed by atoms with Gasteiger partial charge in [-0.15, -0.1) is 12.3 Å². The monoisotopic (exact) mass is 269 g/mol. The number of rotatable bonds is 1. The van der Waals surface area contributed by atoms with E-state index in [0.717, 1.165) is 23.1 Å². The Morgan fingerprint density at radius 1 is 1.42 bits per heavy atom. The molecule has 1 saturated heterocycles. The summed E-state index contributed by atoms with van der Waals surface area (Å²) in [5, 5.41) is 9.62. The number of terminal acetylenes is 1. The number of hydrogen-bond acceptors (Lipinski definition) is 2. The molecule has 100 valence electrons. The van der Waals surface area contributed by atoms with E-state index in [9.17, 15) is 23.1 Å². The predicted octanol–water partition coefficient (Wildman–Crippen LogP) is 2.40. The lowest BCUT2D eigenvalue weighted by atomic mass is 10.1. The van der Waals surface area contributed by atoms with Gasteiger partial charge in [-0.05, 0) is 18.2 Å². The molecule has 0 bridgehead atoms. The fourth-order valence-corrected chi connectivity index (χ4v) is 1.97. The Balaban J connectivity index is 2.40. The van der Waals surface area contributed by atoms with Gasteiger partial charge in [0, 0.05) is 18.9 Å². The predicted molar refractivity (Wildman–Crippen MR) is 62.4 cm³/mol. The normalized spacial score (nSPS) is 19.6. The molecule has 0 aliphatic carbocycles. The highest BCUT2D eigenvalue weighted by Gasteiger charge is 2.35. The van der Waals surface area contributed by atoms with E-state index in [-0.39, 0.29) is 30.3 Å². The second-order valence-electron chi connectivity index (χ2n) is 4.27. The molecule has 6 heteroatoms. The fourth-order valence-electron chi connectivity index (χ4n) is 1.97. The number of aromatic hydroxyl groups is 1. The second-order valence-corrected chi connectivity index (χ2v) is 4.27. The molecule has 1 unspecified atom stereocenters. The molecular formula is C13H10F3NO2. The van der Waals surface area contributed by atoms with Crippen molar-refractivity contribution in [3.8, 4) is 18.1 Å². The van der Waals surface area contributed by atoms with Gasteiger partial charge in [0.15, 0.2) is 0 Å². The maximum atomic E-state index is 12.6. The SMILES string of the molecule is C#CC1CC(=O)N(c2cc(C(F)(F)F)ccc2O)C1. The van der Waals surface area contributed by atoms with Crippen LogP contribution in [0.3, 0.4) is 0 Å². The van der Waals surface area contributed by atoms with Crippen LogP contribution < -0.4 is 4.90 Å². The number of anilines is 1. The summed E-state index contributed by atoms with van der Waals surface area (Å²) < 4.78 is 37.8. The first-order valence-corrected chi connectivity index (χ1v) is 5.49. The molecule has 1 aliphatic heterocycles. The first-order chi connectivity index (χ1) is 8.82. The van der Waals surface area contributed by atoms with Crippen molar-refractivity contribution < 1.29 is 23.1 Å². The van der Waals surface area contributed by atoms with Crippen LogP contribution >= 0.6 is 0 Å². The van der Waals surface area contributed by atoms with Crippen molar-refractivity contribution >= 4 is 11.6 Å². The van der Waals surface area contributed by atoms with E-state index < -0.39 is 17.6 Å². The number of carbonyl (C=O) groups excluding carboxylic acids is 1. The van der Waals surface area contributed by atoms with Crippen LogP contribution in [0.1, 0.15) is 12.0 Å². The van der Waals surface area contributed by atoms with Crippen LogP contribution in [0.4, 0.5) is 18.9 Å². The molecule has 2 rings (SSSR count). The summed E-state index contributed by atoms with van der Waals surface area (Å²) in [5.74, 6) is 1.28. The maximum Gasteiger partial charge on any atom is 0.416 e. The molecule has 3 nitrogen and oxygen atoms in total. The van der Waals surface area contributed by atoms with Crippen LogP contribution in [0.2, 0.25) is 0 Å². The third-order valence-corrected chi connectivity index (χ3v) is 2.95. The summed E-state index contributed by atoms with van der Waals surface area (Å²) in [6.07, 6.45) is 0.747. The van der Waals surface area contributed by atoms with E-state index in [1.165, 1.54) is 0 Å². The molecule has 1 fully saturated rings. The van der Waals surface area contributed by atoms with E-state index >= 15 is 0 Å². The minimum atomic E-state index is -4.53. The Hall–Kier alpha value is -2.16. The van der Waals surface area contributed by atoms with E-state index in [1.54, 1.807) is 0 Å². The van der Waals surface area contributed by atoms with E-state index in [2.05, 4.69) is 5.92 Å². The fraction of sp³-hybridized carbons (Fsp3) is 0.308. The third kappa shape index (κ3) is 2.50. The van der Waals surface area contributed by atoms with Crippen LogP contribution in [-0.2, 0) is 11.0 Å². The van der Waals surface area contributed by atoms with Crippen LogP contribution in [0.5, 0.6) is 5.75 Å². The molecule has 1 aromatic rings. The quantitative estimate of drug-likeness (QED) is 0.795. The average Bonchev–Trinajstić information content (AvgIpc) is 2.69. The first kappa shape index (κ1) is 13.3. The lowest BCUT2D eigenvalue weighted by Crippen LogP contribution is -2.25. The van der Waals surface area contributed by atoms with Gasteiger partial charge in [0.2, 0.25) is 5.91 Å². The molecule has 0 saturated carbocycles. The average molecular weight is 269 g/mol. The minimum Gasteiger partial charge on any atom is -0.506 e. The number of nitrogens with zero attached hydrogens (tertiary/aromatic N) is 1. The summed E-state index contributed by atoms with van der Waals surface area (Å²) in [5.41, 5.74) is -1.07. The number of phenolic OH excluding ortho intramolecular Hbond substituents is 1. The van der Waals surface area contributed by atoms with Crippen molar-refractivity contribution in [1.29, 1.82) is 0 Å². The maximum absolute atomic E-state index is 12.6. The Kier molecular flexibility index (Phi) is 3.14. The lowest BCUT2D eigenvalue weighted by molar-refractivity contribution is -0.137. The highest BCUT2D eigenvalue weighted by atomic mass is 19.4. The number of halogens is 3. The van der Waals surface area contributed by atoms with Crippen molar-refractivity contribution in [2.75, 3.05) is 11.4 Å². The van der Waals surface area contributed by atoms with Crippen LogP contribution in [0.25, 0.3) is 0 Å². The van der Waals surface area contributed by atoms with Crippen LogP contribution in [0, 0.1) is 18.3 Å². The van der Waals surface area contributed by atoms with E-state index in [4.69, 9.17) is 6.42 Å². The molecule has 1 atom stereocenters. The van der Waals surface area contributed by atoms with Gasteiger partial charge >= 0.3 is 6.18 Å². The van der Waals surface area contributed by atoms with Crippen molar-refractivity contribution in [3.63, 3.8) is 0 Å². The van der Waals surface area contributed by atoms with Gasteiger partial charge in [-0.25, -0.2) is 0 Å². The summed E-state index contributed by atoms with van der Waals surface area (Å²) >= 11 is 0. The van der Waals surface area contributed by atoms with E-state index in [0.29, 0.717) is 0 Å². The Labute approximate surface area is 107 Å². The van der Waals surface area contributed by atoms with Crippen LogP contribution in [-0.4, -0.2) is 17.6 Å². The van der Waals surface area contributed by atoms with Gasteiger partial charge in [-0.1, -0.05) is 0 Å². The van der Waals surface area contributed by atoms with Crippen molar-refractivity contribution in [2.45, 2.75) is 12.6 Å². The summed E-state index contributed by atoms with van der Waals surface area (Å²) in [4.78, 5) is 12.8. The number of benzene rings is 1. The zero-order valence-corrected chi connectivity index (χ0v) is 9.74. The lowest BCUT2D eigenvalue weighted by Gasteiger charge is -2.19. The van der Waals surface area contributed by atoms with E-state index in [1.807, 2.05) is 0 Å². The van der Waals surface area contributed by atoms with Gasteiger partial charge in [0.05, 0.1) is 11.3 Å². The number of phenols is 1.